The molecule has 1 aromatic rings. The monoisotopic (exact) mass is 252 g/mol. The van der Waals surface area contributed by atoms with Crippen molar-refractivity contribution in [3.05, 3.63) is 29.8 Å². The number of rotatable bonds is 5. The molecule has 0 bridgehead atoms. The minimum Gasteiger partial charge on any atom is -0.493 e. The first-order valence-corrected chi connectivity index (χ1v) is 5.86. The number of hydrazine groups is 1. The van der Waals surface area contributed by atoms with E-state index in [2.05, 4.69) is 36.6 Å². The van der Waals surface area contributed by atoms with Crippen LogP contribution in [0.5, 0.6) is 5.75 Å². The Hall–Kier alpha value is -1.62. The second-order valence-electron chi connectivity index (χ2n) is 4.05. The lowest BCUT2D eigenvalue weighted by molar-refractivity contribution is -0.499. The lowest BCUT2D eigenvalue weighted by Gasteiger charge is -2.07. The molecule has 0 atom stereocenters. The number of hydrogen-bond acceptors (Lipinski definition) is 2. The maximum absolute atomic E-state index is 5.57. The highest BCUT2D eigenvalue weighted by Gasteiger charge is 1.98. The number of ether oxygens (including phenoxy) is 1. The molecule has 92 valence electrons. The van der Waals surface area contributed by atoms with Crippen LogP contribution in [0.25, 0.3) is 0 Å². The number of nitrogens with one attached hydrogen (secondary N) is 2. The summed E-state index contributed by atoms with van der Waals surface area (Å²) in [5.74, 6) is 1.40. The van der Waals surface area contributed by atoms with Crippen LogP contribution in [0.1, 0.15) is 19.4 Å². The van der Waals surface area contributed by atoms with Crippen LogP contribution in [0.2, 0.25) is 0 Å². The number of hydrogen-bond donors (Lipinski definition) is 3. The van der Waals surface area contributed by atoms with Gasteiger partial charge in [0, 0.05) is 5.56 Å². The van der Waals surface area contributed by atoms with Crippen molar-refractivity contribution in [2.24, 2.45) is 11.7 Å². The van der Waals surface area contributed by atoms with Crippen LogP contribution in [0.15, 0.2) is 24.3 Å². The summed E-state index contributed by atoms with van der Waals surface area (Å²) >= 11 is 4.65. The molecule has 5 heteroatoms. The first kappa shape index (κ1) is 13.4. The first-order valence-electron chi connectivity index (χ1n) is 5.45. The average molecular weight is 252 g/mol. The van der Waals surface area contributed by atoms with E-state index in [1.807, 2.05) is 24.3 Å². The second kappa shape index (κ2) is 6.85. The van der Waals surface area contributed by atoms with Crippen molar-refractivity contribution in [1.82, 2.24) is 5.43 Å². The predicted molar refractivity (Wildman–Crippen MR) is 72.8 cm³/mol. The van der Waals surface area contributed by atoms with Gasteiger partial charge in [0.15, 0.2) is 6.21 Å². The van der Waals surface area contributed by atoms with Crippen molar-refractivity contribution in [2.45, 2.75) is 13.8 Å². The van der Waals surface area contributed by atoms with Gasteiger partial charge in [-0.2, -0.15) is 0 Å². The number of benzene rings is 1. The summed E-state index contributed by atoms with van der Waals surface area (Å²) in [4.78, 5) is 0. The Labute approximate surface area is 107 Å². The van der Waals surface area contributed by atoms with Gasteiger partial charge in [0.1, 0.15) is 5.75 Å². The van der Waals surface area contributed by atoms with E-state index in [0.717, 1.165) is 17.9 Å². The lowest BCUT2D eigenvalue weighted by atomic mass is 10.2. The van der Waals surface area contributed by atoms with E-state index < -0.39 is 0 Å². The highest BCUT2D eigenvalue weighted by molar-refractivity contribution is 7.80. The average Bonchev–Trinajstić information content (AvgIpc) is 2.27. The van der Waals surface area contributed by atoms with Gasteiger partial charge in [-0.3, -0.25) is 0 Å². The van der Waals surface area contributed by atoms with Gasteiger partial charge in [0.05, 0.1) is 6.61 Å². The summed E-state index contributed by atoms with van der Waals surface area (Å²) in [6.07, 6.45) is 1.77. The highest BCUT2D eigenvalue weighted by Crippen LogP contribution is 2.11. The van der Waals surface area contributed by atoms with Gasteiger partial charge in [-0.15, -0.1) is 10.5 Å². The second-order valence-corrected chi connectivity index (χ2v) is 4.49. The van der Waals surface area contributed by atoms with E-state index in [4.69, 9.17) is 10.5 Å². The van der Waals surface area contributed by atoms with Gasteiger partial charge >= 0.3 is 0 Å². The molecule has 0 saturated heterocycles. The van der Waals surface area contributed by atoms with E-state index in [1.165, 1.54) is 0 Å². The molecule has 4 nitrogen and oxygen atoms in total. The molecule has 0 amide bonds. The van der Waals surface area contributed by atoms with Crippen LogP contribution in [0, 0.1) is 5.92 Å². The van der Waals surface area contributed by atoms with Crippen LogP contribution in [-0.2, 0) is 0 Å². The van der Waals surface area contributed by atoms with Crippen molar-refractivity contribution in [3.63, 3.8) is 0 Å². The van der Waals surface area contributed by atoms with E-state index in [1.54, 1.807) is 6.21 Å². The van der Waals surface area contributed by atoms with Crippen molar-refractivity contribution >= 4 is 23.5 Å². The summed E-state index contributed by atoms with van der Waals surface area (Å²) in [7, 11) is 0. The summed E-state index contributed by atoms with van der Waals surface area (Å²) in [6, 6.07) is 7.75. The molecule has 1 rings (SSSR count). The minimum absolute atomic E-state index is 0.207. The maximum atomic E-state index is 5.57. The molecule has 17 heavy (non-hydrogen) atoms. The van der Waals surface area contributed by atoms with E-state index in [-0.39, 0.29) is 5.11 Å². The Morgan fingerprint density at radius 2 is 2.12 bits per heavy atom. The minimum atomic E-state index is 0.207. The molecule has 0 radical (unpaired) electrons. The largest absolute Gasteiger partial charge is 0.493 e. The normalized spacial score (nSPS) is 10.8. The number of thiocarbonyl (C=S) groups is 1. The van der Waals surface area contributed by atoms with Gasteiger partial charge in [-0.05, 0) is 42.4 Å². The third-order valence-electron chi connectivity index (χ3n) is 1.90. The molecule has 0 heterocycles. The van der Waals surface area contributed by atoms with Gasteiger partial charge < -0.3 is 10.5 Å². The molecule has 0 fully saturated rings. The SMILES string of the molecule is CC(C)COc1ccc(C=[NH+]NC(N)=S)cc1. The molecule has 4 N–H and O–H groups in total. The van der Waals surface area contributed by atoms with Gasteiger partial charge in [0.2, 0.25) is 5.11 Å². The maximum Gasteiger partial charge on any atom is 0.221 e. The summed E-state index contributed by atoms with van der Waals surface area (Å²) in [5.41, 5.74) is 8.89. The Morgan fingerprint density at radius 3 is 2.65 bits per heavy atom. The third-order valence-corrected chi connectivity index (χ3v) is 2.00. The van der Waals surface area contributed by atoms with Crippen molar-refractivity contribution in [1.29, 1.82) is 0 Å². The molecule has 0 aliphatic rings. The van der Waals surface area contributed by atoms with Crippen LogP contribution in [-0.4, -0.2) is 17.9 Å². The molecular formula is C12H18N3OS+. The molecular weight excluding hydrogens is 234 g/mol. The molecule has 0 unspecified atom stereocenters. The zero-order valence-electron chi connectivity index (χ0n) is 10.1. The van der Waals surface area contributed by atoms with Crippen LogP contribution < -0.4 is 21.0 Å². The van der Waals surface area contributed by atoms with Crippen molar-refractivity contribution in [3.8, 4) is 5.75 Å². The van der Waals surface area contributed by atoms with Gasteiger partial charge in [-0.1, -0.05) is 13.8 Å². The zero-order chi connectivity index (χ0) is 12.7. The fraction of sp³-hybridized carbons (Fsp3) is 0.333. The van der Waals surface area contributed by atoms with Gasteiger partial charge in [0.25, 0.3) is 0 Å². The summed E-state index contributed by atoms with van der Waals surface area (Å²) < 4.78 is 5.57. The summed E-state index contributed by atoms with van der Waals surface area (Å²) in [5, 5.41) is 3.00. The first-order chi connectivity index (χ1) is 8.08. The topological polar surface area (TPSA) is 61.2 Å². The number of hydrazone groups is 1. The lowest BCUT2D eigenvalue weighted by Crippen LogP contribution is -2.82. The van der Waals surface area contributed by atoms with E-state index in [0.29, 0.717) is 5.92 Å². The fourth-order valence-corrected chi connectivity index (χ4v) is 1.17. The molecule has 0 aromatic heterocycles. The van der Waals surface area contributed by atoms with Crippen molar-refractivity contribution < 1.29 is 9.84 Å². The molecule has 0 saturated carbocycles. The van der Waals surface area contributed by atoms with Crippen LogP contribution in [0.4, 0.5) is 0 Å². The third kappa shape index (κ3) is 5.87. The van der Waals surface area contributed by atoms with Gasteiger partial charge in [-0.25, -0.2) is 0 Å². The van der Waals surface area contributed by atoms with E-state index in [9.17, 15) is 0 Å². The molecule has 0 spiro atoms. The Bertz CT molecular complexity index is 387. The Balaban J connectivity index is 2.50. The quantitative estimate of drug-likeness (QED) is 0.391. The fourth-order valence-electron chi connectivity index (χ4n) is 1.11. The molecule has 1 aromatic carbocycles. The van der Waals surface area contributed by atoms with E-state index >= 15 is 0 Å². The van der Waals surface area contributed by atoms with Crippen LogP contribution in [0.3, 0.4) is 0 Å². The smallest absolute Gasteiger partial charge is 0.221 e. The Morgan fingerprint density at radius 1 is 1.47 bits per heavy atom. The standard InChI is InChI=1S/C12H17N3OS/c1-9(2)8-16-11-5-3-10(4-6-11)7-14-15-12(13)17/h3-7,9H,8H2,1-2H3,(H3,13,15,17)/p+1. The van der Waals surface area contributed by atoms with Crippen molar-refractivity contribution in [2.75, 3.05) is 6.61 Å². The Kier molecular flexibility index (Phi) is 5.42. The highest BCUT2D eigenvalue weighted by atomic mass is 32.1. The molecule has 0 aliphatic carbocycles. The zero-order valence-corrected chi connectivity index (χ0v) is 10.9. The molecule has 0 aliphatic heterocycles. The number of nitrogens with two attached hydrogens (primary N) is 1. The summed E-state index contributed by atoms with van der Waals surface area (Å²) in [6.45, 7) is 4.96. The predicted octanol–water partition coefficient (Wildman–Crippen LogP) is -0.0309. The van der Waals surface area contributed by atoms with Crippen LogP contribution >= 0.6 is 12.2 Å².